The van der Waals surface area contributed by atoms with E-state index in [1.165, 1.54) is 0 Å². The Hall–Kier alpha value is -1.05. The molecule has 2 atom stereocenters. The van der Waals surface area contributed by atoms with Crippen molar-refractivity contribution in [3.63, 3.8) is 0 Å². The fraction of sp³-hybridized carbons (Fsp3) is 0.643. The lowest BCUT2D eigenvalue weighted by Gasteiger charge is -2.37. The first kappa shape index (κ1) is 11.4. The van der Waals surface area contributed by atoms with Crippen LogP contribution in [0.25, 0.3) is 0 Å². The molecule has 0 unspecified atom stereocenters. The van der Waals surface area contributed by atoms with E-state index in [-0.39, 0.29) is 16.7 Å². The fourth-order valence-corrected chi connectivity index (χ4v) is 3.48. The minimum absolute atomic E-state index is 0.129. The maximum Gasteiger partial charge on any atom is 0.230 e. The highest BCUT2D eigenvalue weighted by atomic mass is 16.2. The van der Waals surface area contributed by atoms with Crippen LogP contribution in [0.4, 0.5) is 0 Å². The number of hydrogen-bond acceptors (Lipinski definition) is 1. The Morgan fingerprint density at radius 1 is 1.62 bits per heavy atom. The zero-order valence-corrected chi connectivity index (χ0v) is 10.3. The Bertz CT molecular complexity index is 356. The molecule has 0 aromatic heterocycles. The number of nitrogens with one attached hydrogen (secondary N) is 1. The molecule has 0 saturated heterocycles. The SMILES string of the molecule is C=CCNC(=O)[C@@]12CC[C@H](C1)C(C)(C)C2=C. The Balaban J connectivity index is 2.23. The van der Waals surface area contributed by atoms with Crippen LogP contribution in [0.2, 0.25) is 0 Å². The number of fused-ring (bicyclic) bond motifs is 2. The van der Waals surface area contributed by atoms with Crippen molar-refractivity contribution in [1.29, 1.82) is 0 Å². The van der Waals surface area contributed by atoms with Crippen LogP contribution in [-0.4, -0.2) is 12.5 Å². The normalized spacial score (nSPS) is 35.1. The van der Waals surface area contributed by atoms with E-state index in [0.29, 0.717) is 12.5 Å². The molecular weight excluding hydrogens is 198 g/mol. The molecule has 0 heterocycles. The molecule has 2 aliphatic rings. The van der Waals surface area contributed by atoms with Gasteiger partial charge in [-0.25, -0.2) is 0 Å². The molecule has 0 radical (unpaired) electrons. The van der Waals surface area contributed by atoms with Crippen LogP contribution >= 0.6 is 0 Å². The molecule has 2 saturated carbocycles. The molecule has 2 heteroatoms. The van der Waals surface area contributed by atoms with Crippen molar-refractivity contribution in [3.8, 4) is 0 Å². The first-order valence-electron chi connectivity index (χ1n) is 6.04. The zero-order chi connectivity index (χ0) is 12.0. The highest BCUT2D eigenvalue weighted by molar-refractivity contribution is 5.87. The molecule has 0 spiro atoms. The van der Waals surface area contributed by atoms with Crippen molar-refractivity contribution in [1.82, 2.24) is 5.32 Å². The lowest BCUT2D eigenvalue weighted by atomic mass is 9.68. The summed E-state index contributed by atoms with van der Waals surface area (Å²) in [5.74, 6) is 0.792. The van der Waals surface area contributed by atoms with Gasteiger partial charge in [0.25, 0.3) is 0 Å². The molecule has 1 amide bonds. The summed E-state index contributed by atoms with van der Waals surface area (Å²) < 4.78 is 0. The third-order valence-electron chi connectivity index (χ3n) is 4.73. The summed E-state index contributed by atoms with van der Waals surface area (Å²) >= 11 is 0. The summed E-state index contributed by atoms with van der Waals surface area (Å²) in [6.07, 6.45) is 4.85. The molecule has 2 nitrogen and oxygen atoms in total. The predicted molar refractivity (Wildman–Crippen MR) is 65.9 cm³/mol. The van der Waals surface area contributed by atoms with Gasteiger partial charge in [0.05, 0.1) is 5.41 Å². The lowest BCUT2D eigenvalue weighted by molar-refractivity contribution is -0.128. The van der Waals surface area contributed by atoms with Gasteiger partial charge in [0.1, 0.15) is 0 Å². The van der Waals surface area contributed by atoms with E-state index in [1.54, 1.807) is 6.08 Å². The highest BCUT2D eigenvalue weighted by Crippen LogP contribution is 2.65. The van der Waals surface area contributed by atoms with Gasteiger partial charge >= 0.3 is 0 Å². The molecular formula is C14H21NO. The summed E-state index contributed by atoms with van der Waals surface area (Å²) in [5.41, 5.74) is 0.985. The smallest absolute Gasteiger partial charge is 0.230 e. The molecule has 2 aliphatic carbocycles. The van der Waals surface area contributed by atoms with E-state index < -0.39 is 0 Å². The van der Waals surface area contributed by atoms with Crippen LogP contribution in [-0.2, 0) is 4.79 Å². The van der Waals surface area contributed by atoms with E-state index in [2.05, 4.69) is 32.3 Å². The van der Waals surface area contributed by atoms with Crippen molar-refractivity contribution in [2.45, 2.75) is 33.1 Å². The predicted octanol–water partition coefficient (Wildman–Crippen LogP) is 2.67. The van der Waals surface area contributed by atoms with Crippen LogP contribution in [0.3, 0.4) is 0 Å². The molecule has 16 heavy (non-hydrogen) atoms. The zero-order valence-electron chi connectivity index (χ0n) is 10.3. The molecule has 88 valence electrons. The van der Waals surface area contributed by atoms with Gasteiger partial charge in [-0.15, -0.1) is 6.58 Å². The van der Waals surface area contributed by atoms with Gasteiger partial charge < -0.3 is 5.32 Å². The van der Waals surface area contributed by atoms with E-state index in [9.17, 15) is 4.79 Å². The summed E-state index contributed by atoms with van der Waals surface area (Å²) in [5, 5.41) is 2.94. The third-order valence-corrected chi connectivity index (χ3v) is 4.73. The topological polar surface area (TPSA) is 29.1 Å². The quantitative estimate of drug-likeness (QED) is 0.726. The van der Waals surface area contributed by atoms with E-state index in [0.717, 1.165) is 24.8 Å². The monoisotopic (exact) mass is 219 g/mol. The van der Waals surface area contributed by atoms with Crippen LogP contribution in [0.5, 0.6) is 0 Å². The summed E-state index contributed by atoms with van der Waals surface area (Å²) in [7, 11) is 0. The maximum absolute atomic E-state index is 12.3. The number of amides is 1. The van der Waals surface area contributed by atoms with Crippen molar-refractivity contribution in [2.24, 2.45) is 16.7 Å². The van der Waals surface area contributed by atoms with Crippen LogP contribution in [0.15, 0.2) is 24.8 Å². The largest absolute Gasteiger partial charge is 0.352 e. The van der Waals surface area contributed by atoms with Crippen LogP contribution in [0, 0.1) is 16.7 Å². The van der Waals surface area contributed by atoms with Crippen LogP contribution < -0.4 is 5.32 Å². The number of rotatable bonds is 3. The van der Waals surface area contributed by atoms with Gasteiger partial charge in [-0.2, -0.15) is 0 Å². The molecule has 2 fully saturated rings. The summed E-state index contributed by atoms with van der Waals surface area (Å²) in [4.78, 5) is 12.3. The Morgan fingerprint density at radius 3 is 2.81 bits per heavy atom. The van der Waals surface area contributed by atoms with Gasteiger partial charge in [-0.3, -0.25) is 4.79 Å². The van der Waals surface area contributed by atoms with Crippen molar-refractivity contribution in [2.75, 3.05) is 6.54 Å². The second-order valence-electron chi connectivity index (χ2n) is 5.72. The van der Waals surface area contributed by atoms with E-state index in [1.807, 2.05) is 0 Å². The minimum Gasteiger partial charge on any atom is -0.352 e. The standard InChI is InChI=1S/C14H21NO/c1-5-8-15-12(16)14-7-6-11(9-14)13(3,4)10(14)2/h5,11H,1-2,6-9H2,3-4H3,(H,15,16)/t11-,14+/m1/s1. The Labute approximate surface area is 97.8 Å². The molecule has 0 aliphatic heterocycles. The maximum atomic E-state index is 12.3. The van der Waals surface area contributed by atoms with E-state index in [4.69, 9.17) is 0 Å². The number of carbonyl (C=O) groups excluding carboxylic acids is 1. The number of hydrogen-bond donors (Lipinski definition) is 1. The van der Waals surface area contributed by atoms with Crippen molar-refractivity contribution in [3.05, 3.63) is 24.8 Å². The third kappa shape index (κ3) is 1.28. The van der Waals surface area contributed by atoms with Crippen LogP contribution in [0.1, 0.15) is 33.1 Å². The molecule has 0 aromatic carbocycles. The first-order chi connectivity index (χ1) is 7.45. The Kier molecular flexibility index (Phi) is 2.48. The molecule has 2 bridgehead atoms. The molecule has 0 aromatic rings. The summed E-state index contributed by atoms with van der Waals surface area (Å²) in [6.45, 7) is 12.8. The lowest BCUT2D eigenvalue weighted by Crippen LogP contribution is -2.41. The Morgan fingerprint density at radius 2 is 2.31 bits per heavy atom. The van der Waals surface area contributed by atoms with Gasteiger partial charge in [0.15, 0.2) is 0 Å². The average Bonchev–Trinajstić information content (AvgIpc) is 2.76. The van der Waals surface area contributed by atoms with Crippen molar-refractivity contribution < 1.29 is 4.79 Å². The fourth-order valence-electron chi connectivity index (χ4n) is 3.48. The summed E-state index contributed by atoms with van der Waals surface area (Å²) in [6, 6.07) is 0. The second kappa shape index (κ2) is 3.47. The average molecular weight is 219 g/mol. The molecule has 2 rings (SSSR count). The highest BCUT2D eigenvalue weighted by Gasteiger charge is 2.60. The van der Waals surface area contributed by atoms with Gasteiger partial charge in [0.2, 0.25) is 5.91 Å². The van der Waals surface area contributed by atoms with Gasteiger partial charge in [-0.1, -0.05) is 32.1 Å². The van der Waals surface area contributed by atoms with E-state index >= 15 is 0 Å². The minimum atomic E-state index is -0.281. The number of carbonyl (C=O) groups is 1. The van der Waals surface area contributed by atoms with Crippen molar-refractivity contribution >= 4 is 5.91 Å². The molecule has 1 N–H and O–H groups in total. The second-order valence-corrected chi connectivity index (χ2v) is 5.72. The first-order valence-corrected chi connectivity index (χ1v) is 6.04. The van der Waals surface area contributed by atoms with Gasteiger partial charge in [-0.05, 0) is 30.6 Å². The van der Waals surface area contributed by atoms with Gasteiger partial charge in [0, 0.05) is 6.54 Å².